The van der Waals surface area contributed by atoms with E-state index in [0.717, 1.165) is 19.3 Å². The summed E-state index contributed by atoms with van der Waals surface area (Å²) in [4.78, 5) is 89.7. The summed E-state index contributed by atoms with van der Waals surface area (Å²) in [7, 11) is 0. The summed E-state index contributed by atoms with van der Waals surface area (Å²) in [6, 6.07) is -3.95. The van der Waals surface area contributed by atoms with E-state index in [9.17, 15) is 28.8 Å². The standard InChI is InChI=1S/C33H51N7O6/c1-8-11-23(28(41)32(45)36-20(7)9-2)37-31(44)27-22-13-10-12-21(22)17-40(27)33(46)26(19(5)6)39-30(43)25(18(3)4)38-29(42)24-16-34-14-15-35-24/h14-16,18-23,25-27H,8-13,17H2,1-7H3,(H,36,45)(H,37,44)(H,38,42)(H,39,43)/t20-,21+,22+,23?,25-,26+,27?/m1/s1. The largest absolute Gasteiger partial charge is 0.347 e. The van der Waals surface area contributed by atoms with Crippen LogP contribution in [0.25, 0.3) is 0 Å². The van der Waals surface area contributed by atoms with Crippen molar-refractivity contribution < 1.29 is 28.8 Å². The number of carbonyl (C=O) groups is 6. The summed E-state index contributed by atoms with van der Waals surface area (Å²) < 4.78 is 0. The van der Waals surface area contributed by atoms with Crippen molar-refractivity contribution >= 4 is 35.3 Å². The Morgan fingerprint density at radius 1 is 0.891 bits per heavy atom. The van der Waals surface area contributed by atoms with Gasteiger partial charge in [0.25, 0.3) is 11.8 Å². The van der Waals surface area contributed by atoms with Gasteiger partial charge in [-0.15, -0.1) is 0 Å². The Balaban J connectivity index is 1.80. The molecule has 2 fully saturated rings. The van der Waals surface area contributed by atoms with Gasteiger partial charge >= 0.3 is 0 Å². The van der Waals surface area contributed by atoms with Crippen LogP contribution in [-0.4, -0.2) is 86.9 Å². The number of hydrogen-bond acceptors (Lipinski definition) is 8. The van der Waals surface area contributed by atoms with Gasteiger partial charge in [-0.05, 0) is 56.3 Å². The third kappa shape index (κ3) is 8.88. The maximum absolute atomic E-state index is 14.2. The Hall–Kier alpha value is -3.90. The first kappa shape index (κ1) is 36.6. The highest BCUT2D eigenvalue weighted by molar-refractivity contribution is 6.38. The number of rotatable bonds is 15. The highest BCUT2D eigenvalue weighted by Crippen LogP contribution is 2.42. The minimum absolute atomic E-state index is 0.0621. The molecule has 4 N–H and O–H groups in total. The highest BCUT2D eigenvalue weighted by atomic mass is 16.2. The van der Waals surface area contributed by atoms with E-state index in [1.807, 2.05) is 27.7 Å². The topological polar surface area (TPSA) is 180 Å². The number of nitrogens with one attached hydrogen (secondary N) is 4. The molecule has 254 valence electrons. The molecule has 13 nitrogen and oxygen atoms in total. The molecule has 2 heterocycles. The van der Waals surface area contributed by atoms with Gasteiger partial charge in [-0.25, -0.2) is 4.98 Å². The van der Waals surface area contributed by atoms with Crippen molar-refractivity contribution in [1.29, 1.82) is 0 Å². The number of fused-ring (bicyclic) bond motifs is 1. The van der Waals surface area contributed by atoms with Gasteiger partial charge in [0.2, 0.25) is 23.5 Å². The van der Waals surface area contributed by atoms with Gasteiger partial charge < -0.3 is 26.2 Å². The Morgan fingerprint density at radius 2 is 1.59 bits per heavy atom. The molecule has 5 amide bonds. The number of hydrogen-bond donors (Lipinski definition) is 4. The van der Waals surface area contributed by atoms with Crippen LogP contribution < -0.4 is 21.3 Å². The Bertz CT molecular complexity index is 1260. The van der Waals surface area contributed by atoms with Crippen molar-refractivity contribution in [3.05, 3.63) is 24.3 Å². The first-order valence-corrected chi connectivity index (χ1v) is 16.6. The van der Waals surface area contributed by atoms with Crippen molar-refractivity contribution in [2.75, 3.05) is 6.54 Å². The summed E-state index contributed by atoms with van der Waals surface area (Å²) >= 11 is 0. The molecule has 1 aromatic heterocycles. The van der Waals surface area contributed by atoms with Gasteiger partial charge in [0.05, 0.1) is 12.2 Å². The Kier molecular flexibility index (Phi) is 13.2. The lowest BCUT2D eigenvalue weighted by Gasteiger charge is -2.34. The van der Waals surface area contributed by atoms with E-state index in [1.165, 1.54) is 18.6 Å². The minimum atomic E-state index is -1.01. The lowest BCUT2D eigenvalue weighted by Crippen LogP contribution is -2.60. The molecule has 0 radical (unpaired) electrons. The highest BCUT2D eigenvalue weighted by Gasteiger charge is 2.51. The van der Waals surface area contributed by atoms with Crippen LogP contribution in [0.2, 0.25) is 0 Å². The average Bonchev–Trinajstić information content (AvgIpc) is 3.63. The molecule has 7 atom stereocenters. The summed E-state index contributed by atoms with van der Waals surface area (Å²) in [6.07, 6.45) is 8.20. The maximum atomic E-state index is 14.2. The van der Waals surface area contributed by atoms with E-state index in [2.05, 4.69) is 31.2 Å². The van der Waals surface area contributed by atoms with Gasteiger partial charge in [-0.1, -0.05) is 54.4 Å². The molecule has 13 heteroatoms. The van der Waals surface area contributed by atoms with Crippen molar-refractivity contribution in [2.24, 2.45) is 23.7 Å². The van der Waals surface area contributed by atoms with Crippen LogP contribution in [0, 0.1) is 23.7 Å². The molecule has 0 aromatic carbocycles. The number of amides is 5. The number of likely N-dealkylation sites (tertiary alicyclic amines) is 1. The predicted octanol–water partition coefficient (Wildman–Crippen LogP) is 1.77. The molecule has 1 aromatic rings. The molecule has 0 bridgehead atoms. The predicted molar refractivity (Wildman–Crippen MR) is 171 cm³/mol. The van der Waals surface area contributed by atoms with Crippen LogP contribution in [-0.2, 0) is 24.0 Å². The van der Waals surface area contributed by atoms with E-state index < -0.39 is 59.5 Å². The zero-order chi connectivity index (χ0) is 34.1. The average molecular weight is 642 g/mol. The molecule has 2 aliphatic rings. The lowest BCUT2D eigenvalue weighted by atomic mass is 9.92. The van der Waals surface area contributed by atoms with Crippen molar-refractivity contribution in [1.82, 2.24) is 36.1 Å². The fourth-order valence-electron chi connectivity index (χ4n) is 6.34. The van der Waals surface area contributed by atoms with E-state index in [4.69, 9.17) is 0 Å². The number of ketones is 1. The molecular weight excluding hydrogens is 590 g/mol. The van der Waals surface area contributed by atoms with Crippen molar-refractivity contribution in [3.63, 3.8) is 0 Å². The number of Topliss-reactive ketones (excluding diaryl/α,β-unsaturated/α-hetero) is 1. The SMILES string of the molecule is CCCC(NC(=O)C1[C@H]2CCC[C@H]2CN1C(=O)[C@@H](NC(=O)[C@H](NC(=O)c1cnccn1)C(C)C)C(C)C)C(=O)C(=O)N[C@H](C)CC. The molecule has 46 heavy (non-hydrogen) atoms. The molecular formula is C33H51N7O6. The van der Waals surface area contributed by atoms with Crippen LogP contribution in [0.15, 0.2) is 18.6 Å². The lowest BCUT2D eigenvalue weighted by molar-refractivity contribution is -0.145. The van der Waals surface area contributed by atoms with Crippen LogP contribution in [0.3, 0.4) is 0 Å². The summed E-state index contributed by atoms with van der Waals surface area (Å²) in [6.45, 7) is 13.1. The van der Waals surface area contributed by atoms with Crippen molar-refractivity contribution in [3.8, 4) is 0 Å². The molecule has 1 saturated heterocycles. The third-order valence-electron chi connectivity index (χ3n) is 9.13. The van der Waals surface area contributed by atoms with Crippen LogP contribution in [0.5, 0.6) is 0 Å². The molecule has 2 unspecified atom stereocenters. The summed E-state index contributed by atoms with van der Waals surface area (Å²) in [5, 5.41) is 11.1. The normalized spacial score (nSPS) is 21.6. The first-order chi connectivity index (χ1) is 21.8. The van der Waals surface area contributed by atoms with E-state index >= 15 is 0 Å². The first-order valence-electron chi connectivity index (χ1n) is 16.6. The second-order valence-corrected chi connectivity index (χ2v) is 13.3. The number of aromatic nitrogens is 2. The molecule has 0 spiro atoms. The van der Waals surface area contributed by atoms with Gasteiger partial charge in [0, 0.05) is 25.0 Å². The number of carbonyl (C=O) groups excluding carboxylic acids is 6. The van der Waals surface area contributed by atoms with E-state index in [-0.39, 0.29) is 41.8 Å². The third-order valence-corrected chi connectivity index (χ3v) is 9.13. The van der Waals surface area contributed by atoms with Crippen LogP contribution >= 0.6 is 0 Å². The maximum Gasteiger partial charge on any atom is 0.289 e. The van der Waals surface area contributed by atoms with Gasteiger partial charge in [-0.3, -0.25) is 33.8 Å². The van der Waals surface area contributed by atoms with E-state index in [1.54, 1.807) is 25.7 Å². The summed E-state index contributed by atoms with van der Waals surface area (Å²) in [5.41, 5.74) is 0.0621. The second kappa shape index (κ2) is 16.6. The van der Waals surface area contributed by atoms with Crippen molar-refractivity contribution in [2.45, 2.75) is 117 Å². The smallest absolute Gasteiger partial charge is 0.289 e. The quantitative estimate of drug-likeness (QED) is 0.209. The fourth-order valence-corrected chi connectivity index (χ4v) is 6.34. The number of nitrogens with zero attached hydrogens (tertiary/aromatic N) is 3. The second-order valence-electron chi connectivity index (χ2n) is 13.3. The molecule has 1 aliphatic carbocycles. The van der Waals surface area contributed by atoms with E-state index in [0.29, 0.717) is 19.4 Å². The summed E-state index contributed by atoms with van der Waals surface area (Å²) in [5.74, 6) is -4.00. The zero-order valence-corrected chi connectivity index (χ0v) is 28.2. The molecule has 1 aliphatic heterocycles. The Morgan fingerprint density at radius 3 is 2.17 bits per heavy atom. The monoisotopic (exact) mass is 641 g/mol. The molecule has 1 saturated carbocycles. The Labute approximate surface area is 271 Å². The zero-order valence-electron chi connectivity index (χ0n) is 28.2. The minimum Gasteiger partial charge on any atom is -0.347 e. The fraction of sp³-hybridized carbons (Fsp3) is 0.697. The molecule has 3 rings (SSSR count). The van der Waals surface area contributed by atoms with Crippen LogP contribution in [0.4, 0.5) is 0 Å². The van der Waals surface area contributed by atoms with Gasteiger partial charge in [-0.2, -0.15) is 0 Å². The van der Waals surface area contributed by atoms with Gasteiger partial charge in [0.1, 0.15) is 23.8 Å². The van der Waals surface area contributed by atoms with Gasteiger partial charge in [0.15, 0.2) is 0 Å². The van der Waals surface area contributed by atoms with Crippen LogP contribution in [0.1, 0.15) is 97.5 Å².